The van der Waals surface area contributed by atoms with Crippen molar-refractivity contribution in [2.24, 2.45) is 5.41 Å². The molecule has 1 aliphatic rings. The Morgan fingerprint density at radius 3 is 2.59 bits per heavy atom. The van der Waals surface area contributed by atoms with Gasteiger partial charge in [0.2, 0.25) is 5.91 Å². The van der Waals surface area contributed by atoms with Crippen LogP contribution in [0.1, 0.15) is 25.8 Å². The highest BCUT2D eigenvalue weighted by atomic mass is 16.3. The fourth-order valence-corrected chi connectivity index (χ4v) is 2.17. The van der Waals surface area contributed by atoms with Crippen LogP contribution in [0.15, 0.2) is 30.3 Å². The van der Waals surface area contributed by atoms with Gasteiger partial charge in [-0.05, 0) is 12.0 Å². The van der Waals surface area contributed by atoms with Crippen molar-refractivity contribution < 1.29 is 9.90 Å². The molecule has 0 radical (unpaired) electrons. The number of aliphatic hydroxyl groups is 1. The summed E-state index contributed by atoms with van der Waals surface area (Å²) < 4.78 is 0. The van der Waals surface area contributed by atoms with E-state index in [1.807, 2.05) is 44.2 Å². The summed E-state index contributed by atoms with van der Waals surface area (Å²) in [6, 6.07) is 9.78. The van der Waals surface area contributed by atoms with Crippen molar-refractivity contribution in [3.05, 3.63) is 35.9 Å². The zero-order valence-corrected chi connectivity index (χ0v) is 10.3. The molecule has 1 saturated carbocycles. The fraction of sp³-hybridized carbons (Fsp3) is 0.500. The van der Waals surface area contributed by atoms with Crippen LogP contribution in [0.25, 0.3) is 0 Å². The lowest BCUT2D eigenvalue weighted by Gasteiger charge is -2.49. The number of nitrogens with one attached hydrogen (secondary N) is 1. The van der Waals surface area contributed by atoms with E-state index >= 15 is 0 Å². The van der Waals surface area contributed by atoms with Gasteiger partial charge in [-0.15, -0.1) is 0 Å². The van der Waals surface area contributed by atoms with Gasteiger partial charge < -0.3 is 10.4 Å². The van der Waals surface area contributed by atoms with Crippen LogP contribution in [0.2, 0.25) is 0 Å². The van der Waals surface area contributed by atoms with Crippen molar-refractivity contribution >= 4 is 5.91 Å². The molecule has 0 bridgehead atoms. The Morgan fingerprint density at radius 2 is 2.06 bits per heavy atom. The minimum atomic E-state index is -0.301. The smallest absolute Gasteiger partial charge is 0.224 e. The number of aliphatic hydroxyl groups excluding tert-OH is 1. The van der Waals surface area contributed by atoms with Gasteiger partial charge in [0.1, 0.15) is 0 Å². The number of hydrogen-bond donors (Lipinski definition) is 2. The minimum Gasteiger partial charge on any atom is -0.392 e. The molecule has 2 unspecified atom stereocenters. The Labute approximate surface area is 102 Å². The maximum Gasteiger partial charge on any atom is 0.224 e. The first kappa shape index (κ1) is 12.1. The Hall–Kier alpha value is -1.35. The van der Waals surface area contributed by atoms with Gasteiger partial charge >= 0.3 is 0 Å². The van der Waals surface area contributed by atoms with E-state index in [1.165, 1.54) is 0 Å². The summed E-state index contributed by atoms with van der Waals surface area (Å²) in [7, 11) is 0. The molecular formula is C14H19NO2. The maximum absolute atomic E-state index is 11.8. The summed E-state index contributed by atoms with van der Waals surface area (Å²) in [5.41, 5.74) is 0.814. The van der Waals surface area contributed by atoms with E-state index in [0.29, 0.717) is 12.8 Å². The van der Waals surface area contributed by atoms with Gasteiger partial charge in [-0.1, -0.05) is 44.2 Å². The molecule has 2 atom stereocenters. The lowest BCUT2D eigenvalue weighted by atomic mass is 9.64. The predicted octanol–water partition coefficient (Wildman–Crippen LogP) is 1.50. The number of hydrogen-bond acceptors (Lipinski definition) is 2. The van der Waals surface area contributed by atoms with Crippen LogP contribution >= 0.6 is 0 Å². The molecule has 2 rings (SSSR count). The molecule has 0 aliphatic heterocycles. The topological polar surface area (TPSA) is 49.3 Å². The van der Waals surface area contributed by atoms with Crippen LogP contribution in [0, 0.1) is 5.41 Å². The summed E-state index contributed by atoms with van der Waals surface area (Å²) in [4.78, 5) is 11.8. The lowest BCUT2D eigenvalue weighted by molar-refractivity contribution is -0.128. The molecule has 1 aromatic carbocycles. The van der Waals surface area contributed by atoms with Gasteiger partial charge in [0.15, 0.2) is 0 Å². The second kappa shape index (κ2) is 4.49. The first-order valence-electron chi connectivity index (χ1n) is 6.01. The van der Waals surface area contributed by atoms with Crippen LogP contribution in [-0.2, 0) is 11.2 Å². The van der Waals surface area contributed by atoms with Gasteiger partial charge in [-0.2, -0.15) is 0 Å². The summed E-state index contributed by atoms with van der Waals surface area (Å²) in [5, 5.41) is 12.6. The molecule has 17 heavy (non-hydrogen) atoms. The average Bonchev–Trinajstić information content (AvgIpc) is 2.30. The third-order valence-corrected chi connectivity index (χ3v) is 3.76. The average molecular weight is 233 g/mol. The van der Waals surface area contributed by atoms with Crippen molar-refractivity contribution in [1.82, 2.24) is 5.32 Å². The predicted molar refractivity (Wildman–Crippen MR) is 66.5 cm³/mol. The molecular weight excluding hydrogens is 214 g/mol. The van der Waals surface area contributed by atoms with Gasteiger partial charge in [0, 0.05) is 11.5 Å². The highest BCUT2D eigenvalue weighted by molar-refractivity contribution is 5.79. The molecule has 0 heterocycles. The largest absolute Gasteiger partial charge is 0.392 e. The molecule has 92 valence electrons. The van der Waals surface area contributed by atoms with E-state index in [1.54, 1.807) is 0 Å². The second-order valence-corrected chi connectivity index (χ2v) is 5.36. The van der Waals surface area contributed by atoms with E-state index in [4.69, 9.17) is 0 Å². The molecule has 2 N–H and O–H groups in total. The van der Waals surface area contributed by atoms with E-state index in [9.17, 15) is 9.90 Å². The number of rotatable bonds is 3. The lowest BCUT2D eigenvalue weighted by Crippen LogP contribution is -2.61. The van der Waals surface area contributed by atoms with E-state index in [2.05, 4.69) is 5.32 Å². The Kier molecular flexibility index (Phi) is 3.20. The van der Waals surface area contributed by atoms with Gasteiger partial charge in [0.25, 0.3) is 0 Å². The highest BCUT2D eigenvalue weighted by Crippen LogP contribution is 2.40. The quantitative estimate of drug-likeness (QED) is 0.831. The van der Waals surface area contributed by atoms with Crippen LogP contribution in [0.3, 0.4) is 0 Å². The van der Waals surface area contributed by atoms with Crippen molar-refractivity contribution in [2.75, 3.05) is 0 Å². The van der Waals surface area contributed by atoms with Gasteiger partial charge in [-0.25, -0.2) is 0 Å². The monoisotopic (exact) mass is 233 g/mol. The first-order valence-corrected chi connectivity index (χ1v) is 6.01. The Bertz CT molecular complexity index is 400. The molecule has 1 fully saturated rings. The molecule has 3 nitrogen and oxygen atoms in total. The van der Waals surface area contributed by atoms with Crippen molar-refractivity contribution in [3.63, 3.8) is 0 Å². The van der Waals surface area contributed by atoms with Crippen LogP contribution in [-0.4, -0.2) is 23.2 Å². The molecule has 1 amide bonds. The Morgan fingerprint density at radius 1 is 1.41 bits per heavy atom. The zero-order valence-electron chi connectivity index (χ0n) is 10.3. The molecule has 3 heteroatoms. The van der Waals surface area contributed by atoms with Crippen molar-refractivity contribution in [2.45, 2.75) is 38.8 Å². The van der Waals surface area contributed by atoms with Crippen LogP contribution in [0.4, 0.5) is 0 Å². The minimum absolute atomic E-state index is 0.0289. The summed E-state index contributed by atoms with van der Waals surface area (Å²) in [6.07, 6.45) is 0.765. The SMILES string of the molecule is CC1(C)C(O)CC1NC(=O)Cc1ccccc1. The van der Waals surface area contributed by atoms with Crippen LogP contribution < -0.4 is 5.32 Å². The maximum atomic E-state index is 11.8. The standard InChI is InChI=1S/C14H19NO2/c1-14(2)11(9-12(14)16)15-13(17)8-10-6-4-3-5-7-10/h3-7,11-12,16H,8-9H2,1-2H3,(H,15,17). The van der Waals surface area contributed by atoms with Gasteiger partial charge in [-0.3, -0.25) is 4.79 Å². The van der Waals surface area contributed by atoms with E-state index in [-0.39, 0.29) is 23.5 Å². The summed E-state index contributed by atoms with van der Waals surface area (Å²) in [6.45, 7) is 3.96. The summed E-state index contributed by atoms with van der Waals surface area (Å²) >= 11 is 0. The van der Waals surface area contributed by atoms with Crippen molar-refractivity contribution in [3.8, 4) is 0 Å². The number of amides is 1. The van der Waals surface area contributed by atoms with Crippen LogP contribution in [0.5, 0.6) is 0 Å². The second-order valence-electron chi connectivity index (χ2n) is 5.36. The third-order valence-electron chi connectivity index (χ3n) is 3.76. The fourth-order valence-electron chi connectivity index (χ4n) is 2.17. The first-order chi connectivity index (χ1) is 8.00. The van der Waals surface area contributed by atoms with E-state index < -0.39 is 0 Å². The zero-order chi connectivity index (χ0) is 12.5. The number of carbonyl (C=O) groups is 1. The van der Waals surface area contributed by atoms with Crippen molar-refractivity contribution in [1.29, 1.82) is 0 Å². The molecule has 1 aliphatic carbocycles. The third kappa shape index (κ3) is 2.50. The number of carbonyl (C=O) groups excluding carboxylic acids is 1. The highest BCUT2D eigenvalue weighted by Gasteiger charge is 2.47. The number of benzene rings is 1. The van der Waals surface area contributed by atoms with Gasteiger partial charge in [0.05, 0.1) is 12.5 Å². The normalized spacial score (nSPS) is 26.1. The molecule has 0 spiro atoms. The summed E-state index contributed by atoms with van der Waals surface area (Å²) in [5.74, 6) is 0.0289. The Balaban J connectivity index is 1.87. The molecule has 0 saturated heterocycles. The molecule has 0 aromatic heterocycles. The molecule has 1 aromatic rings. The van der Waals surface area contributed by atoms with E-state index in [0.717, 1.165) is 5.56 Å².